The summed E-state index contributed by atoms with van der Waals surface area (Å²) in [5.41, 5.74) is 1.93. The third kappa shape index (κ3) is 5.51. The molecule has 0 bridgehead atoms. The van der Waals surface area contributed by atoms with Crippen LogP contribution in [0.5, 0.6) is 0 Å². The van der Waals surface area contributed by atoms with Crippen LogP contribution in [0.3, 0.4) is 0 Å². The predicted octanol–water partition coefficient (Wildman–Crippen LogP) is 4.27. The minimum Gasteiger partial charge on any atom is -0.338 e. The number of nitrogens with one attached hydrogen (secondary N) is 3. The SMILES string of the molecule is Cc1cc(Sc2ccccc2)ccc1NC(=O)NCC1CCNCC1. The fraction of sp³-hybridized carbons (Fsp3) is 0.350. The molecule has 1 aliphatic heterocycles. The number of carbonyl (C=O) groups is 1. The van der Waals surface area contributed by atoms with Gasteiger partial charge in [-0.15, -0.1) is 0 Å². The molecule has 0 spiro atoms. The Kier molecular flexibility index (Phi) is 6.36. The second-order valence-corrected chi connectivity index (χ2v) is 7.57. The summed E-state index contributed by atoms with van der Waals surface area (Å²) < 4.78 is 0. The fourth-order valence-electron chi connectivity index (χ4n) is 2.95. The highest BCUT2D eigenvalue weighted by Crippen LogP contribution is 2.30. The standard InChI is InChI=1S/C20H25N3OS/c1-15-13-18(25-17-5-3-2-4-6-17)7-8-19(15)23-20(24)22-14-16-9-11-21-12-10-16/h2-8,13,16,21H,9-12,14H2,1H3,(H2,22,23,24). The van der Waals surface area contributed by atoms with E-state index in [1.54, 1.807) is 11.8 Å². The van der Waals surface area contributed by atoms with Crippen LogP contribution in [0, 0.1) is 12.8 Å². The number of benzene rings is 2. The third-order valence-electron chi connectivity index (χ3n) is 4.43. The van der Waals surface area contributed by atoms with Crippen molar-refractivity contribution < 1.29 is 4.79 Å². The molecule has 4 nitrogen and oxygen atoms in total. The van der Waals surface area contributed by atoms with E-state index in [1.165, 1.54) is 9.79 Å². The average molecular weight is 356 g/mol. The number of carbonyl (C=O) groups excluding carboxylic acids is 1. The topological polar surface area (TPSA) is 53.2 Å². The van der Waals surface area contributed by atoms with E-state index in [9.17, 15) is 4.79 Å². The molecule has 132 valence electrons. The Labute approximate surface area is 153 Å². The normalized spacial score (nSPS) is 14.9. The van der Waals surface area contributed by atoms with Crippen LogP contribution >= 0.6 is 11.8 Å². The maximum Gasteiger partial charge on any atom is 0.319 e. The summed E-state index contributed by atoms with van der Waals surface area (Å²) in [5, 5.41) is 9.31. The summed E-state index contributed by atoms with van der Waals surface area (Å²) in [6.07, 6.45) is 2.26. The van der Waals surface area contributed by atoms with Gasteiger partial charge in [0.2, 0.25) is 0 Å². The van der Waals surface area contributed by atoms with Gasteiger partial charge in [0.25, 0.3) is 0 Å². The quantitative estimate of drug-likeness (QED) is 0.751. The number of rotatable bonds is 5. The van der Waals surface area contributed by atoms with Crippen LogP contribution in [0.1, 0.15) is 18.4 Å². The maximum atomic E-state index is 12.1. The van der Waals surface area contributed by atoms with E-state index < -0.39 is 0 Å². The number of hydrogen-bond donors (Lipinski definition) is 3. The van der Waals surface area contributed by atoms with E-state index in [2.05, 4.69) is 34.1 Å². The molecule has 0 aliphatic carbocycles. The van der Waals surface area contributed by atoms with Crippen molar-refractivity contribution in [2.24, 2.45) is 5.92 Å². The van der Waals surface area contributed by atoms with Gasteiger partial charge in [0.15, 0.2) is 0 Å². The highest BCUT2D eigenvalue weighted by Gasteiger charge is 2.14. The zero-order valence-corrected chi connectivity index (χ0v) is 15.4. The minimum atomic E-state index is -0.120. The van der Waals surface area contributed by atoms with Crippen LogP contribution in [0.15, 0.2) is 58.3 Å². The van der Waals surface area contributed by atoms with Gasteiger partial charge in [0, 0.05) is 22.0 Å². The second-order valence-electron chi connectivity index (χ2n) is 6.42. The number of urea groups is 1. The molecule has 2 aromatic carbocycles. The van der Waals surface area contributed by atoms with Gasteiger partial charge < -0.3 is 16.0 Å². The molecule has 5 heteroatoms. The Morgan fingerprint density at radius 3 is 2.60 bits per heavy atom. The predicted molar refractivity (Wildman–Crippen MR) is 104 cm³/mol. The second kappa shape index (κ2) is 8.92. The van der Waals surface area contributed by atoms with Crippen molar-refractivity contribution in [2.45, 2.75) is 29.6 Å². The molecule has 1 saturated heterocycles. The largest absolute Gasteiger partial charge is 0.338 e. The molecule has 2 aromatic rings. The van der Waals surface area contributed by atoms with Gasteiger partial charge in [0.05, 0.1) is 0 Å². The molecule has 3 N–H and O–H groups in total. The lowest BCUT2D eigenvalue weighted by molar-refractivity contribution is 0.248. The zero-order valence-electron chi connectivity index (χ0n) is 14.5. The van der Waals surface area contributed by atoms with Crippen molar-refractivity contribution in [3.63, 3.8) is 0 Å². The van der Waals surface area contributed by atoms with Crippen LogP contribution < -0.4 is 16.0 Å². The summed E-state index contributed by atoms with van der Waals surface area (Å²) >= 11 is 1.72. The molecule has 0 aromatic heterocycles. The first-order chi connectivity index (χ1) is 12.2. The first-order valence-corrected chi connectivity index (χ1v) is 9.61. The van der Waals surface area contributed by atoms with Gasteiger partial charge >= 0.3 is 6.03 Å². The molecule has 25 heavy (non-hydrogen) atoms. The van der Waals surface area contributed by atoms with Crippen molar-refractivity contribution in [1.82, 2.24) is 10.6 Å². The number of anilines is 1. The van der Waals surface area contributed by atoms with Gasteiger partial charge in [-0.3, -0.25) is 0 Å². The lowest BCUT2D eigenvalue weighted by Gasteiger charge is -2.22. The van der Waals surface area contributed by atoms with Crippen molar-refractivity contribution in [2.75, 3.05) is 25.0 Å². The van der Waals surface area contributed by atoms with E-state index in [-0.39, 0.29) is 6.03 Å². The summed E-state index contributed by atoms with van der Waals surface area (Å²) in [7, 11) is 0. The lowest BCUT2D eigenvalue weighted by atomic mass is 9.98. The Morgan fingerprint density at radius 1 is 1.12 bits per heavy atom. The fourth-order valence-corrected chi connectivity index (χ4v) is 3.89. The first kappa shape index (κ1) is 17.8. The molecule has 0 saturated carbocycles. The maximum absolute atomic E-state index is 12.1. The van der Waals surface area contributed by atoms with Gasteiger partial charge in [-0.05, 0) is 74.7 Å². The third-order valence-corrected chi connectivity index (χ3v) is 5.43. The van der Waals surface area contributed by atoms with E-state index in [1.807, 2.05) is 37.3 Å². The van der Waals surface area contributed by atoms with Crippen LogP contribution in [0.2, 0.25) is 0 Å². The number of hydrogen-bond acceptors (Lipinski definition) is 3. The zero-order chi connectivity index (χ0) is 17.5. The number of amides is 2. The number of piperidine rings is 1. The molecule has 0 unspecified atom stereocenters. The molecule has 0 radical (unpaired) electrons. The molecule has 1 fully saturated rings. The Bertz CT molecular complexity index is 699. The summed E-state index contributed by atoms with van der Waals surface area (Å²) in [4.78, 5) is 14.5. The number of aryl methyl sites for hydroxylation is 1. The summed E-state index contributed by atoms with van der Waals surface area (Å²) in [6, 6.07) is 16.3. The molecule has 1 aliphatic rings. The van der Waals surface area contributed by atoms with Crippen molar-refractivity contribution in [3.8, 4) is 0 Å². The van der Waals surface area contributed by atoms with Crippen molar-refractivity contribution in [3.05, 3.63) is 54.1 Å². The van der Waals surface area contributed by atoms with Gasteiger partial charge in [-0.25, -0.2) is 4.79 Å². The van der Waals surface area contributed by atoms with Crippen molar-refractivity contribution >= 4 is 23.5 Å². The van der Waals surface area contributed by atoms with E-state index in [0.29, 0.717) is 5.92 Å². The highest BCUT2D eigenvalue weighted by atomic mass is 32.2. The molecule has 0 atom stereocenters. The van der Waals surface area contributed by atoms with Crippen LogP contribution in [0.4, 0.5) is 10.5 Å². The first-order valence-electron chi connectivity index (χ1n) is 8.80. The molecule has 2 amide bonds. The minimum absolute atomic E-state index is 0.120. The highest BCUT2D eigenvalue weighted by molar-refractivity contribution is 7.99. The smallest absolute Gasteiger partial charge is 0.319 e. The lowest BCUT2D eigenvalue weighted by Crippen LogP contribution is -2.37. The van der Waals surface area contributed by atoms with E-state index >= 15 is 0 Å². The molecule has 3 rings (SSSR count). The van der Waals surface area contributed by atoms with E-state index in [4.69, 9.17) is 0 Å². The van der Waals surface area contributed by atoms with Crippen LogP contribution in [0.25, 0.3) is 0 Å². The summed E-state index contributed by atoms with van der Waals surface area (Å²) in [5.74, 6) is 0.581. The van der Waals surface area contributed by atoms with Gasteiger partial charge in [-0.1, -0.05) is 30.0 Å². The van der Waals surface area contributed by atoms with Crippen LogP contribution in [-0.2, 0) is 0 Å². The average Bonchev–Trinajstić information content (AvgIpc) is 2.64. The Hall–Kier alpha value is -1.98. The van der Waals surface area contributed by atoms with Gasteiger partial charge in [-0.2, -0.15) is 0 Å². The Balaban J connectivity index is 1.52. The van der Waals surface area contributed by atoms with Crippen molar-refractivity contribution in [1.29, 1.82) is 0 Å². The summed E-state index contributed by atoms with van der Waals surface area (Å²) in [6.45, 7) is 4.87. The van der Waals surface area contributed by atoms with E-state index in [0.717, 1.165) is 43.7 Å². The molecule has 1 heterocycles. The molecular weight excluding hydrogens is 330 g/mol. The monoisotopic (exact) mass is 355 g/mol. The van der Waals surface area contributed by atoms with Crippen LogP contribution in [-0.4, -0.2) is 25.7 Å². The Morgan fingerprint density at radius 2 is 1.88 bits per heavy atom. The van der Waals surface area contributed by atoms with Gasteiger partial charge in [0.1, 0.15) is 0 Å². The molecular formula is C20H25N3OS.